The Labute approximate surface area is 165 Å². The number of hydrogen-bond acceptors (Lipinski definition) is 3. The lowest BCUT2D eigenvalue weighted by Gasteiger charge is -2.37. The Kier molecular flexibility index (Phi) is 6.93. The number of rotatable bonds is 6. The van der Waals surface area contributed by atoms with Gasteiger partial charge in [0.1, 0.15) is 0 Å². The first-order valence-corrected chi connectivity index (χ1v) is 10.7. The molecular formula is C23H37N3O. The average Bonchev–Trinajstić information content (AvgIpc) is 3.17. The highest BCUT2D eigenvalue weighted by molar-refractivity contribution is 5.78. The van der Waals surface area contributed by atoms with Crippen LogP contribution in [-0.2, 0) is 16.6 Å². The Bertz CT molecular complexity index is 591. The molecule has 1 aromatic carbocycles. The second kappa shape index (κ2) is 9.20. The summed E-state index contributed by atoms with van der Waals surface area (Å²) in [5.74, 6) is 0.163. The summed E-state index contributed by atoms with van der Waals surface area (Å²) in [4.78, 5) is 17.2. The number of carbonyl (C=O) groups excluding carboxylic acids is 1. The van der Waals surface area contributed by atoms with Gasteiger partial charge in [0.25, 0.3) is 0 Å². The lowest BCUT2D eigenvalue weighted by atomic mass is 9.86. The quantitative estimate of drug-likeness (QED) is 0.834. The van der Waals surface area contributed by atoms with Gasteiger partial charge in [-0.25, -0.2) is 0 Å². The molecule has 1 aromatic rings. The summed E-state index contributed by atoms with van der Waals surface area (Å²) >= 11 is 0. The first-order valence-electron chi connectivity index (χ1n) is 10.7. The van der Waals surface area contributed by atoms with E-state index in [0.717, 1.165) is 45.2 Å². The zero-order chi connectivity index (χ0) is 19.3. The van der Waals surface area contributed by atoms with Crippen molar-refractivity contribution < 1.29 is 4.79 Å². The van der Waals surface area contributed by atoms with E-state index >= 15 is 0 Å². The molecule has 0 unspecified atom stereocenters. The maximum Gasteiger partial charge on any atom is 0.234 e. The lowest BCUT2D eigenvalue weighted by Crippen LogP contribution is -2.51. The van der Waals surface area contributed by atoms with E-state index in [4.69, 9.17) is 0 Å². The van der Waals surface area contributed by atoms with Crippen molar-refractivity contribution in [3.8, 4) is 0 Å². The van der Waals surface area contributed by atoms with Crippen molar-refractivity contribution in [3.63, 3.8) is 0 Å². The SMILES string of the molecule is CC(C)(C)c1ccc(CCNC(=O)CN2CCN(C3CCCC3)CC2)cc1. The first-order chi connectivity index (χ1) is 12.9. The van der Waals surface area contributed by atoms with Gasteiger partial charge in [-0.1, -0.05) is 57.9 Å². The molecule has 2 aliphatic rings. The number of hydrogen-bond donors (Lipinski definition) is 1. The molecule has 0 radical (unpaired) electrons. The average molecular weight is 372 g/mol. The molecule has 1 aliphatic heterocycles. The summed E-state index contributed by atoms with van der Waals surface area (Å²) in [5.41, 5.74) is 2.83. The van der Waals surface area contributed by atoms with Crippen LogP contribution in [0, 0.1) is 0 Å². The van der Waals surface area contributed by atoms with Crippen molar-refractivity contribution in [2.45, 2.75) is 64.3 Å². The molecule has 2 fully saturated rings. The molecule has 4 heteroatoms. The molecule has 3 rings (SSSR count). The highest BCUT2D eigenvalue weighted by Crippen LogP contribution is 2.24. The zero-order valence-corrected chi connectivity index (χ0v) is 17.5. The van der Waals surface area contributed by atoms with Crippen LogP contribution in [0.15, 0.2) is 24.3 Å². The van der Waals surface area contributed by atoms with Gasteiger partial charge in [0.05, 0.1) is 6.54 Å². The standard InChI is InChI=1S/C23H37N3O/c1-23(2,3)20-10-8-19(9-11-20)12-13-24-22(27)18-25-14-16-26(17-15-25)21-6-4-5-7-21/h8-11,21H,4-7,12-18H2,1-3H3,(H,24,27). The van der Waals surface area contributed by atoms with Crippen molar-refractivity contribution >= 4 is 5.91 Å². The Morgan fingerprint density at radius 1 is 1.04 bits per heavy atom. The van der Waals surface area contributed by atoms with Crippen LogP contribution in [0.4, 0.5) is 0 Å². The van der Waals surface area contributed by atoms with E-state index < -0.39 is 0 Å². The maximum absolute atomic E-state index is 12.3. The fourth-order valence-electron chi connectivity index (χ4n) is 4.33. The van der Waals surface area contributed by atoms with Crippen molar-refractivity contribution in [2.24, 2.45) is 0 Å². The van der Waals surface area contributed by atoms with Crippen molar-refractivity contribution in [3.05, 3.63) is 35.4 Å². The number of piperazine rings is 1. The third kappa shape index (κ3) is 6.05. The second-order valence-corrected chi connectivity index (χ2v) is 9.30. The van der Waals surface area contributed by atoms with Crippen LogP contribution in [0.5, 0.6) is 0 Å². The van der Waals surface area contributed by atoms with Gasteiger partial charge < -0.3 is 5.32 Å². The summed E-state index contributed by atoms with van der Waals surface area (Å²) in [5, 5.41) is 3.10. The fraction of sp³-hybridized carbons (Fsp3) is 0.696. The third-order valence-electron chi connectivity index (χ3n) is 6.17. The normalized spacial score (nSPS) is 20.1. The molecule has 0 aromatic heterocycles. The van der Waals surface area contributed by atoms with Gasteiger partial charge in [0.2, 0.25) is 5.91 Å². The molecule has 0 bridgehead atoms. The van der Waals surface area contributed by atoms with Crippen molar-refractivity contribution in [2.75, 3.05) is 39.3 Å². The van der Waals surface area contributed by atoms with Crippen LogP contribution in [-0.4, -0.2) is 61.0 Å². The van der Waals surface area contributed by atoms with Crippen molar-refractivity contribution in [1.82, 2.24) is 15.1 Å². The fourth-order valence-corrected chi connectivity index (χ4v) is 4.33. The van der Waals surface area contributed by atoms with Gasteiger partial charge in [0, 0.05) is 38.8 Å². The lowest BCUT2D eigenvalue weighted by molar-refractivity contribution is -0.122. The zero-order valence-electron chi connectivity index (χ0n) is 17.5. The summed E-state index contributed by atoms with van der Waals surface area (Å²) < 4.78 is 0. The Hall–Kier alpha value is -1.39. The third-order valence-corrected chi connectivity index (χ3v) is 6.17. The van der Waals surface area contributed by atoms with Gasteiger partial charge in [-0.15, -0.1) is 0 Å². The summed E-state index contributed by atoms with van der Waals surface area (Å²) in [7, 11) is 0. The molecule has 1 N–H and O–H groups in total. The van der Waals surface area contributed by atoms with Gasteiger partial charge in [-0.2, -0.15) is 0 Å². The second-order valence-electron chi connectivity index (χ2n) is 9.30. The molecule has 1 heterocycles. The molecule has 1 aliphatic carbocycles. The van der Waals surface area contributed by atoms with Crippen LogP contribution in [0.1, 0.15) is 57.6 Å². The van der Waals surface area contributed by atoms with Crippen molar-refractivity contribution in [1.29, 1.82) is 0 Å². The molecular weight excluding hydrogens is 334 g/mol. The van der Waals surface area contributed by atoms with Crippen LogP contribution in [0.3, 0.4) is 0 Å². The highest BCUT2D eigenvalue weighted by Gasteiger charge is 2.26. The minimum Gasteiger partial charge on any atom is -0.355 e. The van der Waals surface area contributed by atoms with E-state index in [1.54, 1.807) is 0 Å². The molecule has 1 amide bonds. The van der Waals surface area contributed by atoms with E-state index in [-0.39, 0.29) is 11.3 Å². The van der Waals surface area contributed by atoms with Gasteiger partial charge in [-0.05, 0) is 35.8 Å². The Morgan fingerprint density at radius 2 is 1.67 bits per heavy atom. The van der Waals surface area contributed by atoms with E-state index in [1.807, 2.05) is 0 Å². The number of carbonyl (C=O) groups is 1. The van der Waals surface area contributed by atoms with Gasteiger partial charge in [0.15, 0.2) is 0 Å². The van der Waals surface area contributed by atoms with Crippen LogP contribution >= 0.6 is 0 Å². The maximum atomic E-state index is 12.3. The monoisotopic (exact) mass is 371 g/mol. The Balaban J connectivity index is 1.33. The molecule has 1 saturated carbocycles. The van der Waals surface area contributed by atoms with E-state index in [9.17, 15) is 4.79 Å². The minimum absolute atomic E-state index is 0.163. The van der Waals surface area contributed by atoms with Crippen LogP contribution in [0.2, 0.25) is 0 Å². The van der Waals surface area contributed by atoms with Gasteiger partial charge >= 0.3 is 0 Å². The van der Waals surface area contributed by atoms with E-state index in [1.165, 1.54) is 36.8 Å². The summed E-state index contributed by atoms with van der Waals surface area (Å²) in [6, 6.07) is 9.61. The minimum atomic E-state index is 0.163. The predicted molar refractivity (Wildman–Crippen MR) is 112 cm³/mol. The number of nitrogens with one attached hydrogen (secondary N) is 1. The van der Waals surface area contributed by atoms with Crippen LogP contribution < -0.4 is 5.32 Å². The van der Waals surface area contributed by atoms with Crippen LogP contribution in [0.25, 0.3) is 0 Å². The van der Waals surface area contributed by atoms with Gasteiger partial charge in [-0.3, -0.25) is 14.6 Å². The molecule has 150 valence electrons. The number of amides is 1. The summed E-state index contributed by atoms with van der Waals surface area (Å²) in [6.45, 7) is 12.3. The topological polar surface area (TPSA) is 35.6 Å². The largest absolute Gasteiger partial charge is 0.355 e. The van der Waals surface area contributed by atoms with E-state index in [0.29, 0.717) is 6.54 Å². The molecule has 0 atom stereocenters. The highest BCUT2D eigenvalue weighted by atomic mass is 16.2. The molecule has 27 heavy (non-hydrogen) atoms. The number of benzene rings is 1. The molecule has 4 nitrogen and oxygen atoms in total. The summed E-state index contributed by atoms with van der Waals surface area (Å²) in [6.07, 6.45) is 6.43. The van der Waals surface area contributed by atoms with E-state index in [2.05, 4.69) is 60.2 Å². The Morgan fingerprint density at radius 3 is 2.26 bits per heavy atom. The molecule has 1 saturated heterocycles. The first kappa shape index (κ1) is 20.3. The predicted octanol–water partition coefficient (Wildman–Crippen LogP) is 3.20. The number of nitrogens with zero attached hydrogens (tertiary/aromatic N) is 2. The molecule has 0 spiro atoms. The smallest absolute Gasteiger partial charge is 0.234 e.